The van der Waals surface area contributed by atoms with Gasteiger partial charge < -0.3 is 5.21 Å². The lowest BCUT2D eigenvalue weighted by Gasteiger charge is -2.10. The Morgan fingerprint density at radius 2 is 2.11 bits per heavy atom. The minimum absolute atomic E-state index is 0.105. The van der Waals surface area contributed by atoms with E-state index in [4.69, 9.17) is 11.6 Å². The van der Waals surface area contributed by atoms with E-state index in [1.807, 2.05) is 0 Å². The molecule has 2 heterocycles. The number of allylic oxidation sites excluding steroid dienone is 1. The van der Waals surface area contributed by atoms with Crippen LogP contribution in [0.3, 0.4) is 0 Å². The molecule has 0 aliphatic heterocycles. The molecule has 0 unspecified atom stereocenters. The Kier molecular flexibility index (Phi) is 5.22. The highest BCUT2D eigenvalue weighted by Crippen LogP contribution is 2.41. The van der Waals surface area contributed by atoms with Crippen LogP contribution in [0.1, 0.15) is 36.9 Å². The predicted molar refractivity (Wildman–Crippen MR) is 97.2 cm³/mol. The van der Waals surface area contributed by atoms with Crippen molar-refractivity contribution in [1.82, 2.24) is 9.55 Å². The molecule has 3 rings (SSSR count). The molecule has 1 aliphatic rings. The average Bonchev–Trinajstić information content (AvgIpc) is 3.41. The second kappa shape index (κ2) is 7.07. The maximum absolute atomic E-state index is 12.7. The molecule has 6 nitrogen and oxygen atoms in total. The summed E-state index contributed by atoms with van der Waals surface area (Å²) in [7, 11) is -2.38. The van der Waals surface area contributed by atoms with Gasteiger partial charge in [0.1, 0.15) is 16.1 Å². The zero-order chi connectivity index (χ0) is 20.9. The number of imidazole rings is 1. The highest BCUT2D eigenvalue weighted by molar-refractivity contribution is 7.91. The highest BCUT2D eigenvalue weighted by Gasteiger charge is 2.35. The van der Waals surface area contributed by atoms with Crippen LogP contribution in [-0.2, 0) is 16.9 Å². The first-order chi connectivity index (χ1) is 13.0. The van der Waals surface area contributed by atoms with E-state index in [0.29, 0.717) is 10.8 Å². The number of rotatable bonds is 5. The third kappa shape index (κ3) is 3.88. The van der Waals surface area contributed by atoms with E-state index in [0.717, 1.165) is 29.2 Å². The van der Waals surface area contributed by atoms with Crippen molar-refractivity contribution in [2.24, 2.45) is 7.05 Å². The molecule has 2 aromatic heterocycles. The van der Waals surface area contributed by atoms with E-state index in [-0.39, 0.29) is 33.8 Å². The van der Waals surface area contributed by atoms with Crippen LogP contribution < -0.4 is 4.73 Å². The highest BCUT2D eigenvalue weighted by atomic mass is 35.5. The van der Waals surface area contributed by atoms with Gasteiger partial charge in [0.2, 0.25) is 0 Å². The van der Waals surface area contributed by atoms with Crippen LogP contribution >= 0.6 is 11.6 Å². The SMILES string of the molecule is CCS(=O)(=O)c1cc(C2CC2)cnc1-c1n(C)c(/C=C(/Cl)C(F)(F)F)c[n+]1[O-]. The second-order valence-electron chi connectivity index (χ2n) is 6.55. The third-order valence-corrected chi connectivity index (χ3v) is 6.62. The third-order valence-electron chi connectivity index (χ3n) is 4.56. The van der Waals surface area contributed by atoms with E-state index < -0.39 is 21.0 Å². The minimum Gasteiger partial charge on any atom is -0.710 e. The van der Waals surface area contributed by atoms with Gasteiger partial charge in [0.05, 0.1) is 12.8 Å². The standard InChI is InChI=1S/C17H17ClF3N3O3S/c1-3-28(26,27)13-6-11(10-4-5-10)8-22-15(13)16-23(2)12(9-24(16)25)7-14(18)17(19,20)21/h6-10H,3-5H2,1-2H3/b14-7+. The van der Waals surface area contributed by atoms with Crippen LogP contribution in [-0.4, -0.2) is 29.9 Å². The number of sulfone groups is 1. The topological polar surface area (TPSA) is 78.9 Å². The Labute approximate surface area is 164 Å². The lowest BCUT2D eigenvalue weighted by Crippen LogP contribution is -2.28. The number of halogens is 4. The van der Waals surface area contributed by atoms with Crippen molar-refractivity contribution >= 4 is 27.5 Å². The van der Waals surface area contributed by atoms with Crippen LogP contribution in [0, 0.1) is 5.21 Å². The quantitative estimate of drug-likeness (QED) is 0.531. The molecule has 1 fully saturated rings. The summed E-state index contributed by atoms with van der Waals surface area (Å²) in [6.45, 7) is 1.47. The number of pyridine rings is 1. The molecule has 0 bridgehead atoms. The van der Waals surface area contributed by atoms with Gasteiger partial charge in [-0.15, -0.1) is 0 Å². The van der Waals surface area contributed by atoms with Gasteiger partial charge in [-0.25, -0.2) is 22.7 Å². The van der Waals surface area contributed by atoms with Crippen molar-refractivity contribution in [1.29, 1.82) is 0 Å². The largest absolute Gasteiger partial charge is 0.710 e. The lowest BCUT2D eigenvalue weighted by molar-refractivity contribution is -0.593. The molecule has 11 heteroatoms. The molecule has 1 saturated carbocycles. The van der Waals surface area contributed by atoms with E-state index in [1.165, 1.54) is 26.2 Å². The zero-order valence-corrected chi connectivity index (χ0v) is 16.6. The lowest BCUT2D eigenvalue weighted by atomic mass is 10.2. The molecule has 0 spiro atoms. The van der Waals surface area contributed by atoms with Gasteiger partial charge in [0.15, 0.2) is 21.2 Å². The summed E-state index contributed by atoms with van der Waals surface area (Å²) in [5.74, 6) is -0.150. The van der Waals surface area contributed by atoms with Crippen LogP contribution in [0.25, 0.3) is 17.6 Å². The number of nitrogens with zero attached hydrogens (tertiary/aromatic N) is 3. The van der Waals surface area contributed by atoms with Gasteiger partial charge in [0, 0.05) is 12.3 Å². The molecule has 0 amide bonds. The summed E-state index contributed by atoms with van der Waals surface area (Å²) < 4.78 is 64.7. The summed E-state index contributed by atoms with van der Waals surface area (Å²) in [5, 5.41) is 11.0. The molecule has 2 aromatic rings. The minimum atomic E-state index is -4.76. The molecule has 0 N–H and O–H groups in total. The fourth-order valence-electron chi connectivity index (χ4n) is 2.81. The fourth-order valence-corrected chi connectivity index (χ4v) is 3.98. The fraction of sp³-hybridized carbons (Fsp3) is 0.412. The molecule has 28 heavy (non-hydrogen) atoms. The Morgan fingerprint density at radius 3 is 2.64 bits per heavy atom. The summed E-state index contributed by atoms with van der Waals surface area (Å²) in [6, 6.07) is 1.50. The first-order valence-corrected chi connectivity index (χ1v) is 10.4. The Morgan fingerprint density at radius 1 is 1.46 bits per heavy atom. The van der Waals surface area contributed by atoms with Crippen molar-refractivity contribution in [2.45, 2.75) is 36.8 Å². The first-order valence-electron chi connectivity index (χ1n) is 8.42. The Balaban J connectivity index is 2.19. The van der Waals surface area contributed by atoms with Crippen molar-refractivity contribution in [2.75, 3.05) is 5.75 Å². The monoisotopic (exact) mass is 435 g/mol. The van der Waals surface area contributed by atoms with Gasteiger partial charge in [-0.3, -0.25) is 0 Å². The second-order valence-corrected chi connectivity index (χ2v) is 9.20. The van der Waals surface area contributed by atoms with Gasteiger partial charge in [-0.1, -0.05) is 18.5 Å². The van der Waals surface area contributed by atoms with Crippen LogP contribution in [0.15, 0.2) is 28.4 Å². The van der Waals surface area contributed by atoms with Crippen molar-refractivity contribution in [3.63, 3.8) is 0 Å². The van der Waals surface area contributed by atoms with Crippen LogP contribution in [0.5, 0.6) is 0 Å². The van der Waals surface area contributed by atoms with Gasteiger partial charge in [-0.2, -0.15) is 13.2 Å². The first kappa shape index (κ1) is 20.7. The predicted octanol–water partition coefficient (Wildman–Crippen LogP) is 3.53. The number of hydrogen-bond donors (Lipinski definition) is 0. The number of hydrogen-bond acceptors (Lipinski definition) is 4. The van der Waals surface area contributed by atoms with E-state index >= 15 is 0 Å². The van der Waals surface area contributed by atoms with Crippen molar-refractivity contribution in [3.8, 4) is 11.5 Å². The molecule has 1 aliphatic carbocycles. The van der Waals surface area contributed by atoms with Crippen LogP contribution in [0.2, 0.25) is 0 Å². The van der Waals surface area contributed by atoms with Crippen LogP contribution in [0.4, 0.5) is 13.2 Å². The molecular formula is C17H17ClF3N3O3S. The van der Waals surface area contributed by atoms with E-state index in [1.54, 1.807) is 0 Å². The normalized spacial score (nSPS) is 15.9. The smallest absolute Gasteiger partial charge is 0.427 e. The summed E-state index contributed by atoms with van der Waals surface area (Å²) in [5.41, 5.74) is 0.523. The molecule has 0 saturated heterocycles. The number of aromatic nitrogens is 3. The van der Waals surface area contributed by atoms with Gasteiger partial charge >= 0.3 is 12.0 Å². The summed E-state index contributed by atoms with van der Waals surface area (Å²) in [6.07, 6.45) is 0.105. The molecule has 0 aromatic carbocycles. The molecule has 0 atom stereocenters. The summed E-state index contributed by atoms with van der Waals surface area (Å²) in [4.78, 5) is 4.08. The average molecular weight is 436 g/mol. The van der Waals surface area contributed by atoms with E-state index in [2.05, 4.69) is 4.98 Å². The zero-order valence-electron chi connectivity index (χ0n) is 15.0. The Bertz CT molecular complexity index is 1060. The van der Waals surface area contributed by atoms with Gasteiger partial charge in [-0.05, 0) is 30.4 Å². The maximum atomic E-state index is 12.7. The molecular weight excluding hydrogens is 419 g/mol. The number of alkyl halides is 3. The molecule has 152 valence electrons. The van der Waals surface area contributed by atoms with Crippen molar-refractivity contribution < 1.29 is 26.3 Å². The summed E-state index contributed by atoms with van der Waals surface area (Å²) >= 11 is 5.26. The van der Waals surface area contributed by atoms with Gasteiger partial charge in [0.25, 0.3) is 0 Å². The van der Waals surface area contributed by atoms with Crippen molar-refractivity contribution in [3.05, 3.63) is 40.0 Å². The Hall–Kier alpha value is -2.07. The van der Waals surface area contributed by atoms with E-state index in [9.17, 15) is 26.8 Å². The maximum Gasteiger partial charge on any atom is 0.427 e. The molecule has 0 radical (unpaired) electrons.